The van der Waals surface area contributed by atoms with Gasteiger partial charge in [-0.1, -0.05) is 83.3 Å². The zero-order valence-electron chi connectivity index (χ0n) is 20.9. The highest BCUT2D eigenvalue weighted by atomic mass is 35.5. The first kappa shape index (κ1) is 34.2. The van der Waals surface area contributed by atoms with E-state index in [2.05, 4.69) is 6.92 Å². The Morgan fingerprint density at radius 1 is 0.969 bits per heavy atom. The average molecular weight is 501 g/mol. The average Bonchev–Trinajstić information content (AvgIpc) is 2.68. The third-order valence-corrected chi connectivity index (χ3v) is 6.37. The zero-order valence-corrected chi connectivity index (χ0v) is 22.5. The van der Waals surface area contributed by atoms with Crippen LogP contribution in [0.25, 0.3) is 0 Å². The molecule has 0 saturated carbocycles. The van der Waals surface area contributed by atoms with Crippen LogP contribution in [0.4, 0.5) is 0 Å². The molecule has 0 bridgehead atoms. The first-order valence-electron chi connectivity index (χ1n) is 12.1. The van der Waals surface area contributed by atoms with Gasteiger partial charge in [-0.2, -0.15) is 4.65 Å². The van der Waals surface area contributed by atoms with Gasteiger partial charge in [0, 0.05) is 0 Å². The van der Waals surface area contributed by atoms with E-state index in [-0.39, 0.29) is 36.4 Å². The Labute approximate surface area is 203 Å². The fraction of sp³-hybridized carbons (Fsp3) is 0.913. The molecule has 9 heteroatoms. The fourth-order valence-electron chi connectivity index (χ4n) is 3.10. The van der Waals surface area contributed by atoms with Gasteiger partial charge in [-0.3, -0.25) is 4.57 Å². The van der Waals surface area contributed by atoms with Crippen molar-refractivity contribution >= 4 is 7.60 Å². The Bertz CT molecular complexity index is 503. The predicted molar refractivity (Wildman–Crippen MR) is 129 cm³/mol. The number of nitrogens with two attached hydrogens (primary N) is 1. The van der Waals surface area contributed by atoms with Crippen LogP contribution in [0.2, 0.25) is 0 Å². The summed E-state index contributed by atoms with van der Waals surface area (Å²) in [7, 11) is 1.67. The molecule has 0 aliphatic carbocycles. The molecule has 0 fully saturated rings. The number of aliphatic hydroxyl groups is 1. The first-order chi connectivity index (χ1) is 14.6. The number of halogens is 1. The molecule has 32 heavy (non-hydrogen) atoms. The summed E-state index contributed by atoms with van der Waals surface area (Å²) in [5, 5.41) is 10.1. The zero-order chi connectivity index (χ0) is 23.6. The monoisotopic (exact) mass is 500 g/mol. The normalized spacial score (nSPS) is 16.0. The smallest absolute Gasteiger partial charge is 0.330 e. The SMILES string of the molecule is CCCCCCCCCCCCC/C=C/[C@H](O)[C@H](N)COP(=O)(O)CCO[N+](C)(C)C.[Cl-]. The third kappa shape index (κ3) is 23.2. The Morgan fingerprint density at radius 3 is 1.97 bits per heavy atom. The summed E-state index contributed by atoms with van der Waals surface area (Å²) < 4.78 is 17.3. The van der Waals surface area contributed by atoms with Crippen LogP contribution in [0.3, 0.4) is 0 Å². The predicted octanol–water partition coefficient (Wildman–Crippen LogP) is 1.78. The van der Waals surface area contributed by atoms with E-state index in [0.717, 1.165) is 12.8 Å². The quantitative estimate of drug-likeness (QED) is 0.0730. The molecular weight excluding hydrogens is 451 g/mol. The van der Waals surface area contributed by atoms with Gasteiger partial charge in [-0.05, 0) is 12.8 Å². The molecule has 0 rings (SSSR count). The molecular formula is C23H50ClN2O5P. The van der Waals surface area contributed by atoms with Crippen molar-refractivity contribution in [3.63, 3.8) is 0 Å². The number of quaternary nitrogens is 1. The van der Waals surface area contributed by atoms with Crippen LogP contribution in [0.15, 0.2) is 12.2 Å². The van der Waals surface area contributed by atoms with E-state index >= 15 is 0 Å². The van der Waals surface area contributed by atoms with Gasteiger partial charge >= 0.3 is 7.60 Å². The van der Waals surface area contributed by atoms with Crippen LogP contribution in [0.5, 0.6) is 0 Å². The number of hydrogen-bond donors (Lipinski definition) is 3. The van der Waals surface area contributed by atoms with E-state index in [1.165, 1.54) is 64.2 Å². The molecule has 0 aromatic heterocycles. The van der Waals surface area contributed by atoms with Gasteiger partial charge in [0.1, 0.15) is 6.61 Å². The van der Waals surface area contributed by atoms with Crippen molar-refractivity contribution in [1.29, 1.82) is 0 Å². The summed E-state index contributed by atoms with van der Waals surface area (Å²) >= 11 is 0. The fourth-order valence-corrected chi connectivity index (χ4v) is 3.95. The van der Waals surface area contributed by atoms with Gasteiger partial charge in [0.15, 0.2) is 0 Å². The van der Waals surface area contributed by atoms with E-state index in [0.29, 0.717) is 0 Å². The Hall–Kier alpha value is 0.0200. The van der Waals surface area contributed by atoms with Crippen molar-refractivity contribution in [2.75, 3.05) is 40.5 Å². The second-order valence-electron chi connectivity index (χ2n) is 9.29. The van der Waals surface area contributed by atoms with E-state index in [9.17, 15) is 14.6 Å². The molecule has 0 saturated heterocycles. The summed E-state index contributed by atoms with van der Waals surface area (Å²) in [4.78, 5) is 15.2. The lowest BCUT2D eigenvalue weighted by atomic mass is 10.0. The molecule has 0 aromatic carbocycles. The number of rotatable bonds is 21. The van der Waals surface area contributed by atoms with Crippen LogP contribution in [0.1, 0.15) is 84.0 Å². The van der Waals surface area contributed by atoms with Crippen LogP contribution in [-0.2, 0) is 13.9 Å². The standard InChI is InChI=1S/C23H49N2O5P.ClH/c1-5-6-7-8-9-10-11-12-13-14-15-16-17-18-23(26)22(24)21-30-31(27,28)20-19-29-25(2,3)4;/h17-18,22-23,26H,5-16,19-21,24H2,1-4H3;1H/b18-17+;/t22-,23+;/m1./s1. The number of allylic oxidation sites excluding steroid dienone is 1. The highest BCUT2D eigenvalue weighted by molar-refractivity contribution is 7.52. The van der Waals surface area contributed by atoms with Crippen molar-refractivity contribution in [2.24, 2.45) is 5.73 Å². The summed E-state index contributed by atoms with van der Waals surface area (Å²) in [5.74, 6) is 0. The molecule has 0 aliphatic rings. The Morgan fingerprint density at radius 2 is 1.47 bits per heavy atom. The Balaban J connectivity index is 0. The molecule has 0 radical (unpaired) electrons. The number of aliphatic hydroxyl groups excluding tert-OH is 1. The molecule has 0 amide bonds. The number of nitrogens with zero attached hydrogens (tertiary/aromatic N) is 1. The van der Waals surface area contributed by atoms with Crippen LogP contribution >= 0.6 is 7.60 Å². The van der Waals surface area contributed by atoms with Crippen molar-refractivity contribution < 1.29 is 41.0 Å². The summed E-state index contributed by atoms with van der Waals surface area (Å²) in [6, 6.07) is -0.742. The van der Waals surface area contributed by atoms with Crippen molar-refractivity contribution in [3.8, 4) is 0 Å². The van der Waals surface area contributed by atoms with Gasteiger partial charge in [0.2, 0.25) is 0 Å². The third-order valence-electron chi connectivity index (χ3n) is 5.07. The van der Waals surface area contributed by atoms with E-state index in [1.54, 1.807) is 6.08 Å². The first-order valence-corrected chi connectivity index (χ1v) is 13.9. The Kier molecular flexibility index (Phi) is 21.8. The molecule has 0 aliphatic heterocycles. The maximum Gasteiger partial charge on any atom is 0.330 e. The second-order valence-corrected chi connectivity index (χ2v) is 11.3. The molecule has 194 valence electrons. The molecule has 0 heterocycles. The van der Waals surface area contributed by atoms with Crippen LogP contribution in [-0.4, -0.2) is 67.3 Å². The van der Waals surface area contributed by atoms with Gasteiger partial charge < -0.3 is 32.7 Å². The molecule has 0 spiro atoms. The van der Waals surface area contributed by atoms with Gasteiger partial charge in [0.25, 0.3) is 0 Å². The van der Waals surface area contributed by atoms with Crippen molar-refractivity contribution in [2.45, 2.75) is 96.1 Å². The lowest BCUT2D eigenvalue weighted by Crippen LogP contribution is -3.00. The molecule has 1 unspecified atom stereocenters. The topological polar surface area (TPSA) is 102 Å². The summed E-state index contributed by atoms with van der Waals surface area (Å²) in [6.45, 7) is 2.18. The molecule has 0 aromatic rings. The molecule has 7 nitrogen and oxygen atoms in total. The summed E-state index contributed by atoms with van der Waals surface area (Å²) in [6.07, 6.45) is 17.9. The maximum absolute atomic E-state index is 12.0. The minimum absolute atomic E-state index is 0. The lowest BCUT2D eigenvalue weighted by molar-refractivity contribution is -1.06. The maximum atomic E-state index is 12.0. The highest BCUT2D eigenvalue weighted by Gasteiger charge is 2.24. The summed E-state index contributed by atoms with van der Waals surface area (Å²) in [5.41, 5.74) is 5.88. The van der Waals surface area contributed by atoms with E-state index in [4.69, 9.17) is 15.1 Å². The lowest BCUT2D eigenvalue weighted by Gasteiger charge is -2.22. The number of hydroxylamine groups is 3. The highest BCUT2D eigenvalue weighted by Crippen LogP contribution is 2.41. The second kappa shape index (κ2) is 20.4. The van der Waals surface area contributed by atoms with Gasteiger partial charge in [-0.15, -0.1) is 0 Å². The number of hydrogen-bond acceptors (Lipinski definition) is 5. The number of unbranched alkanes of at least 4 members (excludes halogenated alkanes) is 11. The van der Waals surface area contributed by atoms with Gasteiger partial charge in [0.05, 0.1) is 46.1 Å². The van der Waals surface area contributed by atoms with Crippen LogP contribution in [0, 0.1) is 0 Å². The van der Waals surface area contributed by atoms with E-state index < -0.39 is 19.7 Å². The van der Waals surface area contributed by atoms with Crippen LogP contribution < -0.4 is 18.1 Å². The molecule has 4 N–H and O–H groups in total. The van der Waals surface area contributed by atoms with Gasteiger partial charge in [-0.25, -0.2) is 4.84 Å². The minimum Gasteiger partial charge on any atom is -1.00 e. The van der Waals surface area contributed by atoms with E-state index in [1.807, 2.05) is 27.2 Å². The minimum atomic E-state index is -3.78. The largest absolute Gasteiger partial charge is 1.00 e. The molecule has 3 atom stereocenters. The van der Waals surface area contributed by atoms with Crippen molar-refractivity contribution in [3.05, 3.63) is 12.2 Å². The van der Waals surface area contributed by atoms with Crippen molar-refractivity contribution in [1.82, 2.24) is 0 Å².